The van der Waals surface area contributed by atoms with Gasteiger partial charge >= 0.3 is 0 Å². The highest BCUT2D eigenvalue weighted by molar-refractivity contribution is 6.00. The minimum absolute atomic E-state index is 0.0405. The zero-order valence-electron chi connectivity index (χ0n) is 9.46. The number of rotatable bonds is 5. The van der Waals surface area contributed by atoms with E-state index in [-0.39, 0.29) is 37.6 Å². The van der Waals surface area contributed by atoms with E-state index >= 15 is 0 Å². The number of carbonyl (C=O) groups is 2. The lowest BCUT2D eigenvalue weighted by Crippen LogP contribution is -2.30. The van der Waals surface area contributed by atoms with Crippen LogP contribution in [0.1, 0.15) is 32.1 Å². The van der Waals surface area contributed by atoms with Crippen molar-refractivity contribution in [3.63, 3.8) is 0 Å². The molecule has 0 N–H and O–H groups in total. The van der Waals surface area contributed by atoms with Gasteiger partial charge in [0.05, 0.1) is 6.10 Å². The molecule has 3 rings (SSSR count). The number of carbonyl (C=O) groups excluding carboxylic acids is 2. The van der Waals surface area contributed by atoms with Gasteiger partial charge in [-0.05, 0) is 31.1 Å². The van der Waals surface area contributed by atoms with Gasteiger partial charge in [-0.1, -0.05) is 4.99 Å². The lowest BCUT2D eigenvalue weighted by molar-refractivity contribution is -0.422. The summed E-state index contributed by atoms with van der Waals surface area (Å²) in [6.07, 6.45) is 4.15. The van der Waals surface area contributed by atoms with Crippen molar-refractivity contribution in [2.24, 2.45) is 11.8 Å². The fourth-order valence-electron chi connectivity index (χ4n) is 2.63. The third kappa shape index (κ3) is 2.34. The number of imide groups is 1. The van der Waals surface area contributed by atoms with E-state index in [0.717, 1.165) is 24.7 Å². The van der Waals surface area contributed by atoms with Gasteiger partial charge in [0, 0.05) is 12.8 Å². The topological polar surface area (TPSA) is 65.1 Å². The van der Waals surface area contributed by atoms with Crippen molar-refractivity contribution in [3.8, 4) is 0 Å². The Bertz CT molecular complexity index is 319. The Balaban J connectivity index is 1.32. The minimum atomic E-state index is -0.364. The highest BCUT2D eigenvalue weighted by atomic mass is 17.3. The van der Waals surface area contributed by atoms with Gasteiger partial charge in [0.25, 0.3) is 11.8 Å². The van der Waals surface area contributed by atoms with Gasteiger partial charge in [0.2, 0.25) is 0 Å². The molecular formula is C11H15NO5. The lowest BCUT2D eigenvalue weighted by Gasteiger charge is -2.14. The van der Waals surface area contributed by atoms with Gasteiger partial charge in [-0.15, -0.1) is 5.06 Å². The average Bonchev–Trinajstić information content (AvgIpc) is 2.79. The Morgan fingerprint density at radius 1 is 1.06 bits per heavy atom. The summed E-state index contributed by atoms with van der Waals surface area (Å²) in [4.78, 5) is 31.7. The first-order valence-corrected chi connectivity index (χ1v) is 6.01. The summed E-state index contributed by atoms with van der Waals surface area (Å²) in [6.45, 7) is -0.0405. The Hall–Kier alpha value is -0.980. The van der Waals surface area contributed by atoms with Gasteiger partial charge in [-0.2, -0.15) is 4.89 Å². The largest absolute Gasteiger partial charge is 0.349 e. The molecular weight excluding hydrogens is 226 g/mol. The van der Waals surface area contributed by atoms with E-state index in [1.807, 2.05) is 0 Å². The summed E-state index contributed by atoms with van der Waals surface area (Å²) in [6, 6.07) is 0. The lowest BCUT2D eigenvalue weighted by atomic mass is 10.2. The molecule has 0 aromatic rings. The molecule has 0 bridgehead atoms. The third-order valence-corrected chi connectivity index (χ3v) is 3.69. The molecule has 3 aliphatic rings. The van der Waals surface area contributed by atoms with Crippen LogP contribution in [0.25, 0.3) is 0 Å². The van der Waals surface area contributed by atoms with E-state index in [0.29, 0.717) is 5.06 Å². The summed E-state index contributed by atoms with van der Waals surface area (Å²) in [5.74, 6) is 0.972. The number of fused-ring (bicyclic) bond motifs is 1. The van der Waals surface area contributed by atoms with Gasteiger partial charge in [0.1, 0.15) is 0 Å². The number of hydrogen-bond donors (Lipinski definition) is 0. The molecule has 6 nitrogen and oxygen atoms in total. The molecule has 0 spiro atoms. The molecule has 3 atom stereocenters. The summed E-state index contributed by atoms with van der Waals surface area (Å²) < 4.78 is 5.44. The molecule has 0 radical (unpaired) electrons. The maximum Gasteiger partial charge on any atom is 0.256 e. The van der Waals surface area contributed by atoms with Crippen molar-refractivity contribution in [2.75, 3.05) is 6.79 Å². The van der Waals surface area contributed by atoms with Crippen LogP contribution in [0.2, 0.25) is 0 Å². The van der Waals surface area contributed by atoms with Crippen molar-refractivity contribution >= 4 is 11.8 Å². The molecule has 6 heteroatoms. The molecule has 2 amide bonds. The first-order valence-electron chi connectivity index (χ1n) is 6.01. The molecule has 3 fully saturated rings. The third-order valence-electron chi connectivity index (χ3n) is 3.69. The number of hydrogen-bond acceptors (Lipinski definition) is 5. The van der Waals surface area contributed by atoms with Crippen LogP contribution < -0.4 is 0 Å². The number of ether oxygens (including phenoxy) is 1. The molecule has 17 heavy (non-hydrogen) atoms. The number of hydroxylamine groups is 2. The van der Waals surface area contributed by atoms with Crippen LogP contribution in [0.4, 0.5) is 0 Å². The van der Waals surface area contributed by atoms with Crippen LogP contribution in [0.3, 0.4) is 0 Å². The first-order chi connectivity index (χ1) is 8.24. The van der Waals surface area contributed by atoms with Gasteiger partial charge in [0.15, 0.2) is 6.79 Å². The fourth-order valence-corrected chi connectivity index (χ4v) is 2.63. The minimum Gasteiger partial charge on any atom is -0.349 e. The van der Waals surface area contributed by atoms with Crippen LogP contribution in [0.15, 0.2) is 0 Å². The van der Waals surface area contributed by atoms with Gasteiger partial charge in [-0.3, -0.25) is 9.59 Å². The van der Waals surface area contributed by atoms with E-state index in [2.05, 4.69) is 4.99 Å². The van der Waals surface area contributed by atoms with Crippen LogP contribution >= 0.6 is 0 Å². The Morgan fingerprint density at radius 3 is 2.35 bits per heavy atom. The predicted molar refractivity (Wildman–Crippen MR) is 53.8 cm³/mol. The van der Waals surface area contributed by atoms with E-state index in [9.17, 15) is 9.59 Å². The maximum absolute atomic E-state index is 11.1. The standard InChI is InChI=1S/C11H15NO5/c13-10-1-2-11(14)12(10)17-16-6-15-9-4-7-3-8(7)5-9/h7-9H,1-6H2/t7-,8+,9+. The summed E-state index contributed by atoms with van der Waals surface area (Å²) in [5.41, 5.74) is 0. The molecule has 0 aromatic carbocycles. The van der Waals surface area contributed by atoms with E-state index < -0.39 is 0 Å². The molecule has 1 aliphatic heterocycles. The number of nitrogens with zero attached hydrogens (tertiary/aromatic N) is 1. The molecule has 2 saturated carbocycles. The molecule has 0 aromatic heterocycles. The molecule has 2 aliphatic carbocycles. The molecule has 0 unspecified atom stereocenters. The highest BCUT2D eigenvalue weighted by Gasteiger charge is 2.46. The van der Waals surface area contributed by atoms with Crippen LogP contribution in [0.5, 0.6) is 0 Å². The summed E-state index contributed by atoms with van der Waals surface area (Å²) in [7, 11) is 0. The normalized spacial score (nSPS) is 35.5. The Kier molecular flexibility index (Phi) is 2.85. The van der Waals surface area contributed by atoms with E-state index in [4.69, 9.17) is 9.62 Å². The summed E-state index contributed by atoms with van der Waals surface area (Å²) >= 11 is 0. The van der Waals surface area contributed by atoms with Crippen molar-refractivity contribution in [1.82, 2.24) is 5.06 Å². The smallest absolute Gasteiger partial charge is 0.256 e. The van der Waals surface area contributed by atoms with E-state index in [1.165, 1.54) is 6.42 Å². The first kappa shape index (κ1) is 11.1. The monoisotopic (exact) mass is 241 g/mol. The fraction of sp³-hybridized carbons (Fsp3) is 0.818. The second-order valence-electron chi connectivity index (χ2n) is 4.91. The van der Waals surface area contributed by atoms with Crippen molar-refractivity contribution in [1.29, 1.82) is 0 Å². The maximum atomic E-state index is 11.1. The van der Waals surface area contributed by atoms with Crippen molar-refractivity contribution < 1.29 is 24.2 Å². The van der Waals surface area contributed by atoms with E-state index in [1.54, 1.807) is 0 Å². The molecule has 94 valence electrons. The zero-order valence-corrected chi connectivity index (χ0v) is 9.46. The highest BCUT2D eigenvalue weighted by Crippen LogP contribution is 2.52. The van der Waals surface area contributed by atoms with Crippen molar-refractivity contribution in [2.45, 2.75) is 38.2 Å². The van der Waals surface area contributed by atoms with Crippen LogP contribution in [0, 0.1) is 11.8 Å². The number of amides is 2. The summed E-state index contributed by atoms with van der Waals surface area (Å²) in [5, 5.41) is 0.662. The average molecular weight is 241 g/mol. The van der Waals surface area contributed by atoms with Gasteiger partial charge in [-0.25, -0.2) is 0 Å². The Morgan fingerprint density at radius 2 is 1.71 bits per heavy atom. The van der Waals surface area contributed by atoms with Crippen LogP contribution in [-0.4, -0.2) is 29.8 Å². The second kappa shape index (κ2) is 4.36. The molecule has 1 saturated heterocycles. The molecule has 1 heterocycles. The quantitative estimate of drug-likeness (QED) is 0.234. The second-order valence-corrected chi connectivity index (χ2v) is 4.91. The zero-order chi connectivity index (χ0) is 11.8. The predicted octanol–water partition coefficient (Wildman–Crippen LogP) is 0.771. The van der Waals surface area contributed by atoms with Crippen LogP contribution in [-0.2, 0) is 24.2 Å². The van der Waals surface area contributed by atoms with Crippen molar-refractivity contribution in [3.05, 3.63) is 0 Å². The SMILES string of the molecule is O=C1CCC(=O)N1OOCO[C@@H]1C[C@@H]2C[C@@H]2C1. The Labute approximate surface area is 98.7 Å². The van der Waals surface area contributed by atoms with Gasteiger partial charge < -0.3 is 4.74 Å².